The van der Waals surface area contributed by atoms with E-state index in [1.54, 1.807) is 0 Å². The molecule has 0 aliphatic carbocycles. The lowest BCUT2D eigenvalue weighted by atomic mass is 10.2. The zero-order chi connectivity index (χ0) is 12.8. The van der Waals surface area contributed by atoms with E-state index in [-0.39, 0.29) is 0 Å². The van der Waals surface area contributed by atoms with E-state index in [1.165, 1.54) is 63.2 Å². The van der Waals surface area contributed by atoms with Gasteiger partial charge in [0.1, 0.15) is 0 Å². The molecule has 0 bridgehead atoms. The minimum atomic E-state index is 1.18. The molecule has 1 aromatic carbocycles. The van der Waals surface area contributed by atoms with Gasteiger partial charge in [-0.2, -0.15) is 0 Å². The molecule has 1 heterocycles. The normalized spacial score (nSPS) is 17.1. The zero-order valence-electron chi connectivity index (χ0n) is 11.9. The number of nitrogens with zero attached hydrogens (tertiary/aromatic N) is 2. The molecule has 0 radical (unpaired) electrons. The molecule has 1 fully saturated rings. The number of anilines is 1. The first kappa shape index (κ1) is 13.4. The predicted molar refractivity (Wildman–Crippen MR) is 79.4 cm³/mol. The van der Waals surface area contributed by atoms with Gasteiger partial charge in [0, 0.05) is 31.9 Å². The third kappa shape index (κ3) is 3.74. The van der Waals surface area contributed by atoms with Gasteiger partial charge in [0.05, 0.1) is 0 Å². The van der Waals surface area contributed by atoms with Crippen LogP contribution in [-0.4, -0.2) is 37.6 Å². The Hall–Kier alpha value is -1.02. The van der Waals surface area contributed by atoms with Crippen molar-refractivity contribution >= 4 is 5.69 Å². The van der Waals surface area contributed by atoms with Crippen LogP contribution in [0.2, 0.25) is 0 Å². The summed E-state index contributed by atoms with van der Waals surface area (Å²) in [6.07, 6.45) is 4.06. The highest BCUT2D eigenvalue weighted by Gasteiger charge is 2.16. The first-order valence-corrected chi connectivity index (χ1v) is 7.33. The molecular formula is C16H26N2. The van der Waals surface area contributed by atoms with Crippen LogP contribution in [0.25, 0.3) is 0 Å². The Bertz CT molecular complexity index is 337. The van der Waals surface area contributed by atoms with Crippen molar-refractivity contribution in [3.8, 4) is 0 Å². The Labute approximate surface area is 112 Å². The van der Waals surface area contributed by atoms with Gasteiger partial charge in [0.25, 0.3) is 0 Å². The second-order valence-electron chi connectivity index (χ2n) is 5.37. The molecule has 2 nitrogen and oxygen atoms in total. The molecule has 0 aromatic heterocycles. The highest BCUT2D eigenvalue weighted by atomic mass is 15.3. The topological polar surface area (TPSA) is 6.48 Å². The SMILES string of the molecule is CCCCCN1CCN(c2ccc(C)cc2)CC1. The Morgan fingerprint density at radius 1 is 0.944 bits per heavy atom. The van der Waals surface area contributed by atoms with Crippen LogP contribution in [0.5, 0.6) is 0 Å². The molecule has 0 N–H and O–H groups in total. The van der Waals surface area contributed by atoms with Crippen molar-refractivity contribution in [3.05, 3.63) is 29.8 Å². The van der Waals surface area contributed by atoms with Crippen molar-refractivity contribution in [2.45, 2.75) is 33.1 Å². The van der Waals surface area contributed by atoms with Gasteiger partial charge < -0.3 is 4.90 Å². The highest BCUT2D eigenvalue weighted by molar-refractivity contribution is 5.47. The van der Waals surface area contributed by atoms with E-state index < -0.39 is 0 Å². The summed E-state index contributed by atoms with van der Waals surface area (Å²) in [4.78, 5) is 5.12. The lowest BCUT2D eigenvalue weighted by Crippen LogP contribution is -2.46. The fourth-order valence-electron chi connectivity index (χ4n) is 2.57. The average Bonchev–Trinajstić information content (AvgIpc) is 2.41. The van der Waals surface area contributed by atoms with E-state index in [4.69, 9.17) is 0 Å². The van der Waals surface area contributed by atoms with Gasteiger partial charge in [-0.25, -0.2) is 0 Å². The van der Waals surface area contributed by atoms with Gasteiger partial charge in [-0.15, -0.1) is 0 Å². The predicted octanol–water partition coefficient (Wildman–Crippen LogP) is 3.31. The number of hydrogen-bond donors (Lipinski definition) is 0. The summed E-state index contributed by atoms with van der Waals surface area (Å²) in [6.45, 7) is 10.5. The lowest BCUT2D eigenvalue weighted by Gasteiger charge is -2.36. The molecule has 0 saturated carbocycles. The zero-order valence-corrected chi connectivity index (χ0v) is 11.9. The van der Waals surface area contributed by atoms with Gasteiger partial charge in [-0.05, 0) is 32.0 Å². The molecule has 1 aliphatic rings. The van der Waals surface area contributed by atoms with Crippen LogP contribution in [0, 0.1) is 6.92 Å². The van der Waals surface area contributed by atoms with Crippen molar-refractivity contribution in [1.29, 1.82) is 0 Å². The summed E-state index contributed by atoms with van der Waals surface area (Å²) in [6, 6.07) is 8.93. The molecule has 0 amide bonds. The first-order valence-electron chi connectivity index (χ1n) is 7.33. The molecule has 1 aliphatic heterocycles. The summed E-state index contributed by atoms with van der Waals surface area (Å²) in [5.74, 6) is 0. The van der Waals surface area contributed by atoms with Crippen molar-refractivity contribution in [2.75, 3.05) is 37.6 Å². The van der Waals surface area contributed by atoms with E-state index in [1.807, 2.05) is 0 Å². The van der Waals surface area contributed by atoms with Gasteiger partial charge in [0.15, 0.2) is 0 Å². The second-order valence-corrected chi connectivity index (χ2v) is 5.37. The van der Waals surface area contributed by atoms with Crippen molar-refractivity contribution in [3.63, 3.8) is 0 Å². The number of aryl methyl sites for hydroxylation is 1. The molecule has 0 spiro atoms. The number of hydrogen-bond acceptors (Lipinski definition) is 2. The van der Waals surface area contributed by atoms with E-state index >= 15 is 0 Å². The van der Waals surface area contributed by atoms with Gasteiger partial charge in [-0.3, -0.25) is 4.90 Å². The van der Waals surface area contributed by atoms with Crippen LogP contribution < -0.4 is 4.90 Å². The van der Waals surface area contributed by atoms with E-state index in [0.29, 0.717) is 0 Å². The van der Waals surface area contributed by atoms with Crippen LogP contribution in [0.3, 0.4) is 0 Å². The number of piperazine rings is 1. The minimum Gasteiger partial charge on any atom is -0.369 e. The Balaban J connectivity index is 1.77. The monoisotopic (exact) mass is 246 g/mol. The van der Waals surface area contributed by atoms with Gasteiger partial charge in [-0.1, -0.05) is 37.5 Å². The first-order chi connectivity index (χ1) is 8.79. The Kier molecular flexibility index (Phi) is 5.06. The number of unbranched alkanes of at least 4 members (excludes halogenated alkanes) is 2. The molecular weight excluding hydrogens is 220 g/mol. The van der Waals surface area contributed by atoms with Crippen molar-refractivity contribution < 1.29 is 0 Å². The quantitative estimate of drug-likeness (QED) is 0.735. The molecule has 18 heavy (non-hydrogen) atoms. The molecule has 1 saturated heterocycles. The van der Waals surface area contributed by atoms with E-state index in [9.17, 15) is 0 Å². The van der Waals surface area contributed by atoms with Crippen molar-refractivity contribution in [1.82, 2.24) is 4.90 Å². The molecule has 0 atom stereocenters. The Morgan fingerprint density at radius 2 is 1.61 bits per heavy atom. The third-order valence-corrected chi connectivity index (χ3v) is 3.85. The second kappa shape index (κ2) is 6.79. The van der Waals surface area contributed by atoms with Crippen LogP contribution in [0.1, 0.15) is 31.7 Å². The maximum atomic E-state index is 2.61. The average molecular weight is 246 g/mol. The summed E-state index contributed by atoms with van der Waals surface area (Å²) >= 11 is 0. The maximum absolute atomic E-state index is 2.61. The molecule has 1 aromatic rings. The van der Waals surface area contributed by atoms with Crippen LogP contribution >= 0.6 is 0 Å². The van der Waals surface area contributed by atoms with Crippen molar-refractivity contribution in [2.24, 2.45) is 0 Å². The van der Waals surface area contributed by atoms with Crippen LogP contribution in [0.15, 0.2) is 24.3 Å². The lowest BCUT2D eigenvalue weighted by molar-refractivity contribution is 0.252. The van der Waals surface area contributed by atoms with E-state index in [0.717, 1.165) is 0 Å². The summed E-state index contributed by atoms with van der Waals surface area (Å²) in [7, 11) is 0. The van der Waals surface area contributed by atoms with Crippen LogP contribution in [-0.2, 0) is 0 Å². The Morgan fingerprint density at radius 3 is 2.22 bits per heavy atom. The van der Waals surface area contributed by atoms with Crippen LogP contribution in [0.4, 0.5) is 5.69 Å². The summed E-state index contributed by atoms with van der Waals surface area (Å²) in [5.41, 5.74) is 2.73. The molecule has 0 unspecified atom stereocenters. The van der Waals surface area contributed by atoms with E-state index in [2.05, 4.69) is 47.9 Å². The maximum Gasteiger partial charge on any atom is 0.0367 e. The minimum absolute atomic E-state index is 1.18. The molecule has 2 heteroatoms. The summed E-state index contributed by atoms with van der Waals surface area (Å²) < 4.78 is 0. The fraction of sp³-hybridized carbons (Fsp3) is 0.625. The molecule has 100 valence electrons. The smallest absolute Gasteiger partial charge is 0.0367 e. The largest absolute Gasteiger partial charge is 0.369 e. The third-order valence-electron chi connectivity index (χ3n) is 3.85. The fourth-order valence-corrected chi connectivity index (χ4v) is 2.57. The highest BCUT2D eigenvalue weighted by Crippen LogP contribution is 2.17. The summed E-state index contributed by atoms with van der Waals surface area (Å²) in [5, 5.41) is 0. The number of rotatable bonds is 5. The van der Waals surface area contributed by atoms with Gasteiger partial charge >= 0.3 is 0 Å². The molecule has 2 rings (SSSR count). The van der Waals surface area contributed by atoms with Gasteiger partial charge in [0.2, 0.25) is 0 Å². The number of benzene rings is 1. The standard InChI is InChI=1S/C16H26N2/c1-3-4-5-10-17-11-13-18(14-12-17)16-8-6-15(2)7-9-16/h6-9H,3-5,10-14H2,1-2H3.